The number of aliphatic hydroxyl groups excluding tert-OH is 3. The van der Waals surface area contributed by atoms with Gasteiger partial charge in [-0.3, -0.25) is 13.8 Å². The van der Waals surface area contributed by atoms with Crippen LogP contribution in [0.3, 0.4) is 0 Å². The van der Waals surface area contributed by atoms with Crippen molar-refractivity contribution < 1.29 is 43.1 Å². The van der Waals surface area contributed by atoms with E-state index in [2.05, 4.69) is 19.2 Å². The molecule has 0 radical (unpaired) electrons. The summed E-state index contributed by atoms with van der Waals surface area (Å²) >= 11 is 0. The molecule has 0 heterocycles. The average molecular weight is 798 g/mol. The molecule has 0 aromatic heterocycles. The number of unbranched alkanes of at least 4 members (excludes halogenated alkanes) is 14. The van der Waals surface area contributed by atoms with Crippen LogP contribution in [0, 0.1) is 0 Å². The third-order valence-corrected chi connectivity index (χ3v) is 10.2. The molecule has 1 unspecified atom stereocenters. The van der Waals surface area contributed by atoms with Gasteiger partial charge >= 0.3 is 7.82 Å². The summed E-state index contributed by atoms with van der Waals surface area (Å²) in [7, 11) is 1.42. The Morgan fingerprint density at radius 3 is 1.73 bits per heavy atom. The predicted octanol–water partition coefficient (Wildman–Crippen LogP) is 9.41. The molecule has 5 N–H and O–H groups in total. The summed E-state index contributed by atoms with van der Waals surface area (Å²) < 4.78 is 23.4. The average Bonchev–Trinajstić information content (AvgIpc) is 3.12. The van der Waals surface area contributed by atoms with Crippen LogP contribution in [0.4, 0.5) is 0 Å². The van der Waals surface area contributed by atoms with E-state index in [-0.39, 0.29) is 18.9 Å². The number of phosphoric acid groups is 1. The van der Waals surface area contributed by atoms with E-state index < -0.39 is 38.8 Å². The van der Waals surface area contributed by atoms with Crippen LogP contribution in [0.1, 0.15) is 149 Å². The minimum absolute atomic E-state index is 0.0160. The van der Waals surface area contributed by atoms with Crippen LogP contribution in [0.25, 0.3) is 0 Å². The first-order valence-electron chi connectivity index (χ1n) is 21.4. The van der Waals surface area contributed by atoms with Gasteiger partial charge in [0.25, 0.3) is 0 Å². The smallest absolute Gasteiger partial charge is 0.389 e. The van der Waals surface area contributed by atoms with Gasteiger partial charge < -0.3 is 30.0 Å². The van der Waals surface area contributed by atoms with Crippen molar-refractivity contribution in [1.29, 1.82) is 0 Å². The number of nitrogens with zero attached hydrogens (tertiary/aromatic N) is 1. The quantitative estimate of drug-likeness (QED) is 0.0138. The lowest BCUT2D eigenvalue weighted by atomic mass is 10.0. The van der Waals surface area contributed by atoms with Gasteiger partial charge in [0.1, 0.15) is 13.2 Å². The molecule has 0 saturated heterocycles. The van der Waals surface area contributed by atoms with Crippen molar-refractivity contribution in [2.75, 3.05) is 40.9 Å². The number of rotatable bonds is 37. The number of allylic oxidation sites excluding steroid dienone is 7. The monoisotopic (exact) mass is 798 g/mol. The summed E-state index contributed by atoms with van der Waals surface area (Å²) in [6, 6.07) is -0.955. The van der Waals surface area contributed by atoms with E-state index >= 15 is 0 Å². The minimum atomic E-state index is -4.40. The van der Waals surface area contributed by atoms with Gasteiger partial charge in [0, 0.05) is 6.42 Å². The SMILES string of the molecule is CCCCCCCCCCCCCC/C=C/[C@@H](O)[C@H](COP(=O)(O)OCC[N+](C)(C)C)NC(=O)CCC[C@H](O)/C=C/C=C\C/C=C\C=C\[C@H](O)CCCCC. The molecule has 5 atom stereocenters. The molecule has 55 heavy (non-hydrogen) atoms. The maximum Gasteiger partial charge on any atom is 0.472 e. The summed E-state index contributed by atoms with van der Waals surface area (Å²) in [4.78, 5) is 23.1. The Hall–Kier alpha value is -1.88. The van der Waals surface area contributed by atoms with Gasteiger partial charge in [-0.1, -0.05) is 164 Å². The van der Waals surface area contributed by atoms with Gasteiger partial charge in [-0.2, -0.15) is 0 Å². The van der Waals surface area contributed by atoms with E-state index in [1.165, 1.54) is 64.2 Å². The van der Waals surface area contributed by atoms with E-state index in [0.29, 0.717) is 23.9 Å². The number of nitrogens with one attached hydrogen (secondary N) is 1. The second-order valence-electron chi connectivity index (χ2n) is 15.8. The fourth-order valence-corrected chi connectivity index (χ4v) is 6.40. The maximum absolute atomic E-state index is 12.8. The van der Waals surface area contributed by atoms with E-state index in [9.17, 15) is 29.6 Å². The molecule has 10 nitrogen and oxygen atoms in total. The van der Waals surface area contributed by atoms with E-state index in [4.69, 9.17) is 9.05 Å². The fraction of sp³-hybridized carbons (Fsp3) is 0.750. The van der Waals surface area contributed by atoms with Crippen LogP contribution in [-0.4, -0.2) is 95.9 Å². The van der Waals surface area contributed by atoms with Gasteiger partial charge in [0.05, 0.1) is 52.1 Å². The zero-order valence-electron chi connectivity index (χ0n) is 35.4. The van der Waals surface area contributed by atoms with Crippen molar-refractivity contribution in [3.8, 4) is 0 Å². The van der Waals surface area contributed by atoms with Gasteiger partial charge in [0.15, 0.2) is 0 Å². The van der Waals surface area contributed by atoms with Crippen molar-refractivity contribution >= 4 is 13.7 Å². The standard InChI is InChI=1S/C44H81N2O8P/c1-6-8-10-11-12-13-14-15-16-17-18-22-25-29-35-43(49)42(39-54-55(51,52)53-38-37-46(3,4)5)45-44(50)36-30-34-41(48)33-28-24-21-19-20-23-27-32-40(47)31-26-9-7-2/h20-21,23-24,27-29,32-33,35,40-43,47-49H,6-19,22,25-26,30-31,34,36-39H2,1-5H3,(H-,45,50,51,52)/p+1/b23-20-,24-21-,32-27+,33-28+,35-29+/t40-,41-,42+,43-/m1/s1. The Morgan fingerprint density at radius 1 is 0.673 bits per heavy atom. The summed E-state index contributed by atoms with van der Waals surface area (Å²) in [5.41, 5.74) is 0. The minimum Gasteiger partial charge on any atom is -0.389 e. The first kappa shape index (κ1) is 53.1. The number of quaternary nitrogens is 1. The van der Waals surface area contributed by atoms with Crippen LogP contribution in [0.5, 0.6) is 0 Å². The Balaban J connectivity index is 4.74. The van der Waals surface area contributed by atoms with E-state index in [0.717, 1.165) is 51.4 Å². The molecule has 0 aromatic rings. The molecule has 11 heteroatoms. The van der Waals surface area contributed by atoms with Gasteiger partial charge in [-0.05, 0) is 38.5 Å². The topological polar surface area (TPSA) is 146 Å². The van der Waals surface area contributed by atoms with Crippen molar-refractivity contribution in [2.45, 2.75) is 173 Å². The number of carbonyl (C=O) groups is 1. The van der Waals surface area contributed by atoms with Gasteiger partial charge in [0.2, 0.25) is 5.91 Å². The molecular formula is C44H82N2O8P+. The van der Waals surface area contributed by atoms with Gasteiger partial charge in [-0.15, -0.1) is 0 Å². The highest BCUT2D eigenvalue weighted by molar-refractivity contribution is 7.47. The molecular weight excluding hydrogens is 715 g/mol. The molecule has 0 aliphatic rings. The molecule has 0 aliphatic carbocycles. The number of likely N-dealkylation sites (N-methyl/N-ethyl adjacent to an activating group) is 1. The summed E-state index contributed by atoms with van der Waals surface area (Å²) in [5.74, 6) is -0.355. The second kappa shape index (κ2) is 35.3. The van der Waals surface area contributed by atoms with Crippen LogP contribution in [0.15, 0.2) is 60.8 Å². The lowest BCUT2D eigenvalue weighted by Crippen LogP contribution is -2.45. The summed E-state index contributed by atoms with van der Waals surface area (Å²) in [6.07, 6.45) is 37.8. The highest BCUT2D eigenvalue weighted by Crippen LogP contribution is 2.43. The van der Waals surface area contributed by atoms with Crippen LogP contribution >= 0.6 is 7.82 Å². The highest BCUT2D eigenvalue weighted by atomic mass is 31.2. The maximum atomic E-state index is 12.8. The molecule has 0 fully saturated rings. The lowest BCUT2D eigenvalue weighted by Gasteiger charge is -2.25. The summed E-state index contributed by atoms with van der Waals surface area (Å²) in [5, 5.41) is 33.9. The molecule has 0 bridgehead atoms. The van der Waals surface area contributed by atoms with Crippen molar-refractivity contribution in [1.82, 2.24) is 5.32 Å². The van der Waals surface area contributed by atoms with E-state index in [1.54, 1.807) is 24.3 Å². The first-order chi connectivity index (χ1) is 26.3. The van der Waals surface area contributed by atoms with Gasteiger partial charge in [-0.25, -0.2) is 4.57 Å². The Bertz CT molecular complexity index is 1120. The number of phosphoric ester groups is 1. The molecule has 0 rings (SSSR count). The number of carbonyl (C=O) groups excluding carboxylic acids is 1. The lowest BCUT2D eigenvalue weighted by molar-refractivity contribution is -0.870. The Labute approximate surface area is 336 Å². The normalized spacial score (nSPS) is 16.2. The largest absolute Gasteiger partial charge is 0.472 e. The fourth-order valence-electron chi connectivity index (χ4n) is 5.66. The number of aliphatic hydroxyl groups is 3. The molecule has 0 saturated carbocycles. The third-order valence-electron chi connectivity index (χ3n) is 9.19. The second-order valence-corrected chi connectivity index (χ2v) is 17.2. The van der Waals surface area contributed by atoms with Crippen molar-refractivity contribution in [3.63, 3.8) is 0 Å². The number of hydrogen-bond acceptors (Lipinski definition) is 7. The summed E-state index contributed by atoms with van der Waals surface area (Å²) in [6.45, 7) is 4.50. The Morgan fingerprint density at radius 2 is 1.18 bits per heavy atom. The van der Waals surface area contributed by atoms with E-state index in [1.807, 2.05) is 57.6 Å². The van der Waals surface area contributed by atoms with Crippen molar-refractivity contribution in [3.05, 3.63) is 60.8 Å². The molecule has 0 aliphatic heterocycles. The predicted molar refractivity (Wildman–Crippen MR) is 229 cm³/mol. The number of hydrogen-bond donors (Lipinski definition) is 5. The molecule has 0 spiro atoms. The van der Waals surface area contributed by atoms with Crippen LogP contribution < -0.4 is 5.32 Å². The first-order valence-corrected chi connectivity index (χ1v) is 22.9. The molecule has 320 valence electrons. The molecule has 1 amide bonds. The van der Waals surface area contributed by atoms with Crippen LogP contribution in [0.2, 0.25) is 0 Å². The van der Waals surface area contributed by atoms with Crippen LogP contribution in [-0.2, 0) is 18.4 Å². The van der Waals surface area contributed by atoms with Crippen molar-refractivity contribution in [2.24, 2.45) is 0 Å². The zero-order valence-corrected chi connectivity index (χ0v) is 36.3. The Kier molecular flexibility index (Phi) is 34.1. The highest BCUT2D eigenvalue weighted by Gasteiger charge is 2.27. The zero-order chi connectivity index (χ0) is 41.0. The third kappa shape index (κ3) is 37.5. The molecule has 0 aromatic carbocycles. The number of amides is 1.